The minimum Gasteiger partial charge on any atom is -0.457 e. The lowest BCUT2D eigenvalue weighted by atomic mass is 10.1. The second-order valence-corrected chi connectivity index (χ2v) is 13.4. The molecule has 254 valence electrons. The molecule has 51 heavy (non-hydrogen) atoms. The highest BCUT2D eigenvalue weighted by Crippen LogP contribution is 2.37. The van der Waals surface area contributed by atoms with Crippen molar-refractivity contribution >= 4 is 58.5 Å². The van der Waals surface area contributed by atoms with Gasteiger partial charge < -0.3 is 20.4 Å². The highest BCUT2D eigenvalue weighted by molar-refractivity contribution is 8.00. The Labute approximate surface area is 305 Å². The van der Waals surface area contributed by atoms with Crippen LogP contribution in [0.2, 0.25) is 5.02 Å². The van der Waals surface area contributed by atoms with E-state index in [1.807, 2.05) is 105 Å². The van der Waals surface area contributed by atoms with Crippen LogP contribution in [0, 0.1) is 13.8 Å². The van der Waals surface area contributed by atoms with Gasteiger partial charge in [0, 0.05) is 38.5 Å². The van der Waals surface area contributed by atoms with Crippen LogP contribution in [-0.4, -0.2) is 17.7 Å². The van der Waals surface area contributed by atoms with Gasteiger partial charge in [0.1, 0.15) is 22.5 Å². The summed E-state index contributed by atoms with van der Waals surface area (Å²) in [6.45, 7) is 3.92. The zero-order valence-electron chi connectivity index (χ0n) is 27.9. The molecule has 0 unspecified atom stereocenters. The molecule has 3 N–H and O–H groups in total. The molecule has 1 aromatic heterocycles. The van der Waals surface area contributed by atoms with Crippen LogP contribution >= 0.6 is 23.4 Å². The summed E-state index contributed by atoms with van der Waals surface area (Å²) >= 11 is 7.68. The molecule has 0 saturated heterocycles. The molecule has 1 heterocycles. The number of amides is 3. The fraction of sp³-hybridized carbons (Fsp3) is 0.0714. The molecule has 5 aromatic carbocycles. The number of furan rings is 1. The first-order valence-corrected chi connectivity index (χ1v) is 17.4. The first kappa shape index (κ1) is 35.0. The Bertz CT molecular complexity index is 2180. The lowest BCUT2D eigenvalue weighted by Crippen LogP contribution is -2.30. The quantitative estimate of drug-likeness (QED) is 0.0918. The van der Waals surface area contributed by atoms with E-state index in [4.69, 9.17) is 16.0 Å². The Hall–Kier alpha value is -5.83. The van der Waals surface area contributed by atoms with Gasteiger partial charge in [-0.1, -0.05) is 96.0 Å². The number of thioether (sulfide) groups is 1. The molecular formula is C42H34ClN3O4S. The zero-order valence-corrected chi connectivity index (χ0v) is 29.4. The number of carbonyl (C=O) groups excluding carboxylic acids is 3. The predicted molar refractivity (Wildman–Crippen MR) is 206 cm³/mol. The molecule has 0 bridgehead atoms. The van der Waals surface area contributed by atoms with Crippen LogP contribution in [0.15, 0.2) is 155 Å². The number of nitrogens with one attached hydrogen (secondary N) is 3. The SMILES string of the molecule is Cc1ccc(-c2ccc(/C=C(\NC(=O)c3ccccc3)C(=O)Nc3ccc(S[C@@H](C(=O)Nc4ccc(C)c(Cl)c4)c4ccccc4)cc3)o2)cc1. The van der Waals surface area contributed by atoms with Crippen LogP contribution in [0.25, 0.3) is 17.4 Å². The Balaban J connectivity index is 1.20. The highest BCUT2D eigenvalue weighted by atomic mass is 35.5. The molecule has 6 aromatic rings. The molecule has 0 spiro atoms. The Morgan fingerprint density at radius 1 is 0.725 bits per heavy atom. The monoisotopic (exact) mass is 711 g/mol. The van der Waals surface area contributed by atoms with Gasteiger partial charge in [0.2, 0.25) is 5.91 Å². The number of carbonyl (C=O) groups is 3. The van der Waals surface area contributed by atoms with Crippen molar-refractivity contribution in [2.75, 3.05) is 10.6 Å². The number of aryl methyl sites for hydroxylation is 2. The Morgan fingerprint density at radius 3 is 2.08 bits per heavy atom. The summed E-state index contributed by atoms with van der Waals surface area (Å²) in [5, 5.41) is 8.62. The molecule has 7 nitrogen and oxygen atoms in total. The van der Waals surface area contributed by atoms with E-state index >= 15 is 0 Å². The highest BCUT2D eigenvalue weighted by Gasteiger charge is 2.23. The summed E-state index contributed by atoms with van der Waals surface area (Å²) in [5.41, 5.74) is 5.30. The normalized spacial score (nSPS) is 11.8. The second-order valence-electron chi connectivity index (χ2n) is 11.8. The van der Waals surface area contributed by atoms with Crippen molar-refractivity contribution in [2.24, 2.45) is 0 Å². The molecule has 9 heteroatoms. The van der Waals surface area contributed by atoms with Crippen molar-refractivity contribution in [3.63, 3.8) is 0 Å². The third kappa shape index (κ3) is 9.25. The van der Waals surface area contributed by atoms with E-state index in [0.29, 0.717) is 33.5 Å². The van der Waals surface area contributed by atoms with Crippen LogP contribution < -0.4 is 16.0 Å². The predicted octanol–water partition coefficient (Wildman–Crippen LogP) is 10.1. The van der Waals surface area contributed by atoms with Crippen LogP contribution in [0.1, 0.15) is 38.1 Å². The van der Waals surface area contributed by atoms with E-state index in [1.54, 1.807) is 48.5 Å². The number of hydrogen-bond acceptors (Lipinski definition) is 5. The van der Waals surface area contributed by atoms with Gasteiger partial charge >= 0.3 is 0 Å². The summed E-state index contributed by atoms with van der Waals surface area (Å²) in [4.78, 5) is 41.1. The summed E-state index contributed by atoms with van der Waals surface area (Å²) in [6.07, 6.45) is 1.50. The molecule has 0 aliphatic carbocycles. The van der Waals surface area contributed by atoms with Gasteiger partial charge in [-0.15, -0.1) is 11.8 Å². The van der Waals surface area contributed by atoms with Gasteiger partial charge in [0.05, 0.1) is 0 Å². The standard InChI is InChI=1S/C42H34ClN3O4S/c1-27-13-16-29(17-14-27)38-24-21-34(50-38)26-37(46-40(47)31-11-7-4-8-12-31)41(48)44-32-19-22-35(23-20-32)51-39(30-9-5-3-6-10-30)42(49)45-33-18-15-28(2)36(43)25-33/h3-26,39H,1-2H3,(H,44,48)(H,45,49)(H,46,47)/b37-26-/t39-/m1/s1. The maximum absolute atomic E-state index is 13.7. The molecule has 0 aliphatic heterocycles. The van der Waals surface area contributed by atoms with Crippen LogP contribution in [0.3, 0.4) is 0 Å². The second kappa shape index (κ2) is 16.3. The zero-order chi connectivity index (χ0) is 35.7. The Morgan fingerprint density at radius 2 is 1.39 bits per heavy atom. The first-order chi connectivity index (χ1) is 24.7. The largest absolute Gasteiger partial charge is 0.457 e. The fourth-order valence-corrected chi connectivity index (χ4v) is 6.32. The summed E-state index contributed by atoms with van der Waals surface area (Å²) in [6, 6.07) is 42.2. The third-order valence-electron chi connectivity index (χ3n) is 7.92. The van der Waals surface area contributed by atoms with Crippen molar-refractivity contribution < 1.29 is 18.8 Å². The third-order valence-corrected chi connectivity index (χ3v) is 9.60. The van der Waals surface area contributed by atoms with E-state index in [2.05, 4.69) is 16.0 Å². The number of hydrogen-bond donors (Lipinski definition) is 3. The summed E-state index contributed by atoms with van der Waals surface area (Å²) in [5.74, 6) is -0.142. The van der Waals surface area contributed by atoms with Gasteiger partial charge in [-0.05, 0) is 85.6 Å². The number of halogens is 1. The van der Waals surface area contributed by atoms with Crippen LogP contribution in [0.5, 0.6) is 0 Å². The maximum Gasteiger partial charge on any atom is 0.272 e. The number of anilines is 2. The molecule has 0 aliphatic rings. The molecule has 6 rings (SSSR count). The van der Waals surface area contributed by atoms with Gasteiger partial charge in [0.15, 0.2) is 0 Å². The van der Waals surface area contributed by atoms with Crippen molar-refractivity contribution in [1.82, 2.24) is 5.32 Å². The van der Waals surface area contributed by atoms with Crippen LogP contribution in [-0.2, 0) is 9.59 Å². The molecule has 3 amide bonds. The van der Waals surface area contributed by atoms with Crippen molar-refractivity contribution in [3.05, 3.63) is 178 Å². The molecular weight excluding hydrogens is 678 g/mol. The van der Waals surface area contributed by atoms with Gasteiger partial charge in [0.25, 0.3) is 11.8 Å². The lowest BCUT2D eigenvalue weighted by molar-refractivity contribution is -0.116. The molecule has 0 saturated carbocycles. The van der Waals surface area contributed by atoms with E-state index in [-0.39, 0.29) is 11.6 Å². The van der Waals surface area contributed by atoms with E-state index in [0.717, 1.165) is 27.1 Å². The summed E-state index contributed by atoms with van der Waals surface area (Å²) < 4.78 is 6.03. The maximum atomic E-state index is 13.7. The Kier molecular flexibility index (Phi) is 11.2. The van der Waals surface area contributed by atoms with Crippen molar-refractivity contribution in [2.45, 2.75) is 24.0 Å². The topological polar surface area (TPSA) is 100 Å². The van der Waals surface area contributed by atoms with Gasteiger partial charge in [-0.3, -0.25) is 14.4 Å². The van der Waals surface area contributed by atoms with Crippen LogP contribution in [0.4, 0.5) is 11.4 Å². The molecule has 1 atom stereocenters. The minimum atomic E-state index is -0.562. The molecule has 0 radical (unpaired) electrons. The average Bonchev–Trinajstić information content (AvgIpc) is 3.62. The number of rotatable bonds is 11. The molecule has 0 fully saturated rings. The smallest absolute Gasteiger partial charge is 0.272 e. The van der Waals surface area contributed by atoms with Gasteiger partial charge in [-0.2, -0.15) is 0 Å². The first-order valence-electron chi connectivity index (χ1n) is 16.2. The van der Waals surface area contributed by atoms with E-state index in [9.17, 15) is 14.4 Å². The van der Waals surface area contributed by atoms with E-state index < -0.39 is 17.1 Å². The van der Waals surface area contributed by atoms with E-state index in [1.165, 1.54) is 17.8 Å². The average molecular weight is 712 g/mol. The summed E-state index contributed by atoms with van der Waals surface area (Å²) in [7, 11) is 0. The number of benzene rings is 5. The fourth-order valence-electron chi connectivity index (χ4n) is 5.12. The van der Waals surface area contributed by atoms with Crippen molar-refractivity contribution in [3.8, 4) is 11.3 Å². The minimum absolute atomic E-state index is 0.00383. The van der Waals surface area contributed by atoms with Crippen molar-refractivity contribution in [1.29, 1.82) is 0 Å². The lowest BCUT2D eigenvalue weighted by Gasteiger charge is -2.18. The van der Waals surface area contributed by atoms with Gasteiger partial charge in [-0.25, -0.2) is 0 Å².